The second kappa shape index (κ2) is 12.5. The molecule has 0 saturated carbocycles. The molecule has 76 valence electrons. The van der Waals surface area contributed by atoms with Gasteiger partial charge in [0, 0.05) is 31.1 Å². The summed E-state index contributed by atoms with van der Waals surface area (Å²) in [6.45, 7) is 0. The van der Waals surface area contributed by atoms with Gasteiger partial charge < -0.3 is 61.9 Å². The van der Waals surface area contributed by atoms with Crippen molar-refractivity contribution in [3.8, 4) is 0 Å². The van der Waals surface area contributed by atoms with Gasteiger partial charge in [-0.1, -0.05) is 0 Å². The van der Waals surface area contributed by atoms with Crippen molar-refractivity contribution in [1.82, 2.24) is 0 Å². The molecule has 0 amide bonds. The van der Waals surface area contributed by atoms with E-state index in [2.05, 4.69) is 0 Å². The summed E-state index contributed by atoms with van der Waals surface area (Å²) in [5.74, 6) is 0. The van der Waals surface area contributed by atoms with Crippen molar-refractivity contribution in [2.45, 2.75) is 0 Å². The van der Waals surface area contributed by atoms with Crippen LogP contribution in [-0.2, 0) is 0 Å². The fourth-order valence-electron chi connectivity index (χ4n) is 0. The molecule has 0 aliphatic heterocycles. The van der Waals surface area contributed by atoms with E-state index in [4.69, 9.17) is 38.4 Å². The van der Waals surface area contributed by atoms with Crippen LogP contribution < -0.4 is 38.4 Å². The molecule has 0 unspecified atom stereocenters. The maximum Gasteiger partial charge on any atom is 2.00 e. The molecule has 0 aromatic heterocycles. The summed E-state index contributed by atoms with van der Waals surface area (Å²) in [6, 6.07) is 0. The molecular weight excluding hydrogens is 478 g/mol. The standard InChI is InChI=1S/Ca.2O4Si.H2O.U/c;2*1-5(2,3)4;;/h;;;1H2;/q+2;2*-4;;. The zero-order chi connectivity index (χ0) is 9.00. The maximum atomic E-state index is 8.58. The van der Waals surface area contributed by atoms with Crippen molar-refractivity contribution in [3.05, 3.63) is 0 Å². The van der Waals surface area contributed by atoms with Crippen molar-refractivity contribution >= 4 is 55.8 Å². The van der Waals surface area contributed by atoms with Gasteiger partial charge in [-0.25, -0.2) is 0 Å². The summed E-state index contributed by atoms with van der Waals surface area (Å²) in [7, 11) is -11.2. The van der Waals surface area contributed by atoms with Gasteiger partial charge in [0.05, 0.1) is 0 Å². The molecule has 0 radical (unpaired) electrons. The summed E-state index contributed by atoms with van der Waals surface area (Å²) in [4.78, 5) is 68.6. The number of hydrogen-bond donors (Lipinski definition) is 0. The van der Waals surface area contributed by atoms with Crippen LogP contribution in [0.4, 0.5) is 0 Å². The zero-order valence-corrected chi connectivity index (χ0v) is 14.3. The predicted molar refractivity (Wildman–Crippen MR) is 20.9 cm³/mol. The molecule has 9 nitrogen and oxygen atoms in total. The molecule has 0 saturated heterocycles. The summed E-state index contributed by atoms with van der Waals surface area (Å²) in [5.41, 5.74) is 0. The third-order valence-electron chi connectivity index (χ3n) is 0. The third kappa shape index (κ3) is 388. The van der Waals surface area contributed by atoms with E-state index in [0.29, 0.717) is 0 Å². The van der Waals surface area contributed by atoms with Gasteiger partial charge in [-0.3, -0.25) is 0 Å². The van der Waals surface area contributed by atoms with E-state index in [1.54, 1.807) is 0 Å². The Kier molecular flexibility index (Phi) is 28.3. The van der Waals surface area contributed by atoms with Crippen LogP contribution in [-0.4, -0.2) is 61.3 Å². The summed E-state index contributed by atoms with van der Waals surface area (Å²) < 4.78 is 0. The average Bonchev–Trinajstić information content (AvgIpc) is 1.12. The van der Waals surface area contributed by atoms with Crippen LogP contribution in [0.1, 0.15) is 0 Å². The Morgan fingerprint density at radius 2 is 0.538 bits per heavy atom. The predicted octanol–water partition coefficient (Wildman–Crippen LogP) is -11.5. The van der Waals surface area contributed by atoms with Crippen LogP contribution in [0.2, 0.25) is 0 Å². The first-order chi connectivity index (χ1) is 4.00. The minimum Gasteiger partial charge on any atom is -0.894 e. The SMILES string of the molecule is O.[Ca+2].[O-][Si]([O-])([O-])[O-].[O-][Si]([O-])([O-])[O-].[U]. The Morgan fingerprint density at radius 1 is 0.538 bits per heavy atom. The monoisotopic (exact) mass is 480 g/mol. The molecule has 0 spiro atoms. The third-order valence-corrected chi connectivity index (χ3v) is 0. The Morgan fingerprint density at radius 3 is 0.538 bits per heavy atom. The number of hydrogen-bond acceptors (Lipinski definition) is 8. The van der Waals surface area contributed by atoms with Gasteiger partial charge in [-0.2, -0.15) is 0 Å². The Labute approximate surface area is 129 Å². The van der Waals surface area contributed by atoms with Crippen LogP contribution in [0.25, 0.3) is 0 Å². The van der Waals surface area contributed by atoms with E-state index in [-0.39, 0.29) is 74.3 Å². The van der Waals surface area contributed by atoms with Gasteiger partial charge in [-0.05, 0) is 0 Å². The Balaban J connectivity index is -0.0000000267. The topological polar surface area (TPSA) is 216 Å². The van der Waals surface area contributed by atoms with E-state index < -0.39 is 18.1 Å². The van der Waals surface area contributed by atoms with Gasteiger partial charge in [0.15, 0.2) is 0 Å². The summed E-state index contributed by atoms with van der Waals surface area (Å²) in [6.07, 6.45) is 0. The molecule has 0 heterocycles. The average molecular weight is 480 g/mol. The van der Waals surface area contributed by atoms with Crippen molar-refractivity contribution in [3.63, 3.8) is 0 Å². The first-order valence-electron chi connectivity index (χ1n) is 1.63. The fraction of sp³-hybridized carbons (Fsp3) is 0. The van der Waals surface area contributed by atoms with E-state index in [1.165, 1.54) is 0 Å². The Hall–Kier alpha value is 2.39. The second-order valence-corrected chi connectivity index (χ2v) is 3.00. The summed E-state index contributed by atoms with van der Waals surface area (Å²) in [5, 5.41) is 0. The van der Waals surface area contributed by atoms with Crippen LogP contribution in [0.5, 0.6) is 0 Å². The first-order valence-corrected chi connectivity index (χ1v) is 4.90. The molecule has 2 N–H and O–H groups in total. The van der Waals surface area contributed by atoms with Crippen molar-refractivity contribution in [2.24, 2.45) is 0 Å². The Bertz CT molecular complexity index is 60.6. The molecule has 13 heteroatoms. The zero-order valence-electron chi connectivity index (χ0n) is 5.97. The normalized spacial score (nSPS) is 9.23. The molecular formula is H2CaO9Si2U-6. The van der Waals surface area contributed by atoms with Crippen LogP contribution in [0, 0.1) is 31.1 Å². The molecule has 0 rings (SSSR count). The molecule has 0 aliphatic carbocycles. The number of rotatable bonds is 0. The van der Waals surface area contributed by atoms with Crippen LogP contribution in [0.3, 0.4) is 0 Å². The van der Waals surface area contributed by atoms with Crippen LogP contribution in [0.15, 0.2) is 0 Å². The largest absolute Gasteiger partial charge is 2.00 e. The van der Waals surface area contributed by atoms with Gasteiger partial charge in [-0.15, -0.1) is 0 Å². The van der Waals surface area contributed by atoms with E-state index in [1.807, 2.05) is 0 Å². The molecule has 0 aromatic carbocycles. The molecule has 0 atom stereocenters. The van der Waals surface area contributed by atoms with Crippen LogP contribution >= 0.6 is 0 Å². The van der Waals surface area contributed by atoms with Gasteiger partial charge in [0.2, 0.25) is 0 Å². The minimum atomic E-state index is -5.61. The van der Waals surface area contributed by atoms with Crippen molar-refractivity contribution in [2.75, 3.05) is 0 Å². The maximum absolute atomic E-state index is 8.58. The van der Waals surface area contributed by atoms with Crippen molar-refractivity contribution < 1.29 is 75.0 Å². The smallest absolute Gasteiger partial charge is 0.894 e. The minimum absolute atomic E-state index is 0. The van der Waals surface area contributed by atoms with Gasteiger partial charge in [0.25, 0.3) is 0 Å². The molecule has 13 heavy (non-hydrogen) atoms. The van der Waals surface area contributed by atoms with Gasteiger partial charge >= 0.3 is 37.7 Å². The van der Waals surface area contributed by atoms with Crippen molar-refractivity contribution in [1.29, 1.82) is 0 Å². The second-order valence-electron chi connectivity index (χ2n) is 1.00. The van der Waals surface area contributed by atoms with E-state index >= 15 is 0 Å². The molecule has 0 aromatic rings. The van der Waals surface area contributed by atoms with E-state index in [9.17, 15) is 0 Å². The molecule has 0 fully saturated rings. The van der Waals surface area contributed by atoms with E-state index in [0.717, 1.165) is 0 Å². The fourth-order valence-corrected chi connectivity index (χ4v) is 0. The molecule has 0 aliphatic rings. The first kappa shape index (κ1) is 29.5. The summed E-state index contributed by atoms with van der Waals surface area (Å²) >= 11 is 0. The quantitative estimate of drug-likeness (QED) is 0.303. The molecule has 0 bridgehead atoms. The van der Waals surface area contributed by atoms with Gasteiger partial charge in [0.1, 0.15) is 0 Å².